The smallest absolute Gasteiger partial charge is 0.0236 e. The number of likely N-dealkylation sites (tertiary alicyclic amines) is 1. The normalized spacial score (nSPS) is 29.4. The molecule has 2 N–H and O–H groups in total. The van der Waals surface area contributed by atoms with E-state index in [9.17, 15) is 0 Å². The van der Waals surface area contributed by atoms with E-state index in [2.05, 4.69) is 56.9 Å². The molecule has 2 rings (SSSR count). The molecule has 0 bridgehead atoms. The van der Waals surface area contributed by atoms with Crippen molar-refractivity contribution in [3.63, 3.8) is 0 Å². The summed E-state index contributed by atoms with van der Waals surface area (Å²) in [4.78, 5) is 2.64. The average Bonchev–Trinajstić information content (AvgIpc) is 2.44. The highest BCUT2D eigenvalue weighted by atomic mass is 15.2. The van der Waals surface area contributed by atoms with Gasteiger partial charge in [0, 0.05) is 19.1 Å². The van der Waals surface area contributed by atoms with Crippen molar-refractivity contribution in [3.05, 3.63) is 35.4 Å². The standard InChI is InChI=1S/C18H30N2/c1-13-9-14(2)16(4)20(11-13)12-17-5-7-18(8-6-17)15(3)10-19/h5-8,13-16H,9-12,19H2,1-4H3. The van der Waals surface area contributed by atoms with E-state index in [-0.39, 0.29) is 0 Å². The monoisotopic (exact) mass is 274 g/mol. The number of hydrogen-bond donors (Lipinski definition) is 1. The van der Waals surface area contributed by atoms with Gasteiger partial charge in [-0.3, -0.25) is 4.90 Å². The third-order valence-corrected chi connectivity index (χ3v) is 5.01. The van der Waals surface area contributed by atoms with Crippen LogP contribution in [0.5, 0.6) is 0 Å². The van der Waals surface area contributed by atoms with Crippen molar-refractivity contribution in [1.82, 2.24) is 4.90 Å². The summed E-state index contributed by atoms with van der Waals surface area (Å²) in [5.74, 6) is 2.08. The Kier molecular flexibility index (Phi) is 5.22. The molecule has 0 radical (unpaired) electrons. The van der Waals surface area contributed by atoms with E-state index in [4.69, 9.17) is 5.73 Å². The first-order valence-corrected chi connectivity index (χ1v) is 8.04. The maximum atomic E-state index is 5.73. The van der Waals surface area contributed by atoms with Crippen LogP contribution in [-0.4, -0.2) is 24.0 Å². The zero-order valence-electron chi connectivity index (χ0n) is 13.5. The zero-order valence-corrected chi connectivity index (χ0v) is 13.5. The van der Waals surface area contributed by atoms with E-state index in [1.165, 1.54) is 24.1 Å². The highest BCUT2D eigenvalue weighted by Crippen LogP contribution is 2.28. The lowest BCUT2D eigenvalue weighted by Crippen LogP contribution is -2.45. The largest absolute Gasteiger partial charge is 0.330 e. The molecule has 4 unspecified atom stereocenters. The molecule has 0 aromatic heterocycles. The molecule has 4 atom stereocenters. The minimum Gasteiger partial charge on any atom is -0.330 e. The van der Waals surface area contributed by atoms with E-state index in [0.29, 0.717) is 12.0 Å². The average molecular weight is 274 g/mol. The van der Waals surface area contributed by atoms with Gasteiger partial charge in [0.2, 0.25) is 0 Å². The first-order valence-electron chi connectivity index (χ1n) is 8.04. The van der Waals surface area contributed by atoms with Gasteiger partial charge in [-0.25, -0.2) is 0 Å². The predicted octanol–water partition coefficient (Wildman–Crippen LogP) is 3.62. The summed E-state index contributed by atoms with van der Waals surface area (Å²) in [5.41, 5.74) is 8.51. The molecule has 2 nitrogen and oxygen atoms in total. The molecular weight excluding hydrogens is 244 g/mol. The van der Waals surface area contributed by atoms with Crippen LogP contribution in [0.2, 0.25) is 0 Å². The van der Waals surface area contributed by atoms with Crippen molar-refractivity contribution in [3.8, 4) is 0 Å². The van der Waals surface area contributed by atoms with Crippen LogP contribution in [0.1, 0.15) is 51.2 Å². The van der Waals surface area contributed by atoms with Crippen molar-refractivity contribution < 1.29 is 0 Å². The highest BCUT2D eigenvalue weighted by Gasteiger charge is 2.28. The second kappa shape index (κ2) is 6.73. The zero-order chi connectivity index (χ0) is 14.7. The summed E-state index contributed by atoms with van der Waals surface area (Å²) >= 11 is 0. The summed E-state index contributed by atoms with van der Waals surface area (Å²) in [5, 5.41) is 0. The predicted molar refractivity (Wildman–Crippen MR) is 86.7 cm³/mol. The summed E-state index contributed by atoms with van der Waals surface area (Å²) in [6.45, 7) is 12.4. The van der Waals surface area contributed by atoms with Crippen molar-refractivity contribution >= 4 is 0 Å². The summed E-state index contributed by atoms with van der Waals surface area (Å²) in [7, 11) is 0. The van der Waals surface area contributed by atoms with E-state index in [0.717, 1.165) is 24.9 Å². The number of nitrogens with two attached hydrogens (primary N) is 1. The Labute approximate surface area is 124 Å². The quantitative estimate of drug-likeness (QED) is 0.908. The Hall–Kier alpha value is -0.860. The molecule has 112 valence electrons. The van der Waals surface area contributed by atoms with Crippen LogP contribution >= 0.6 is 0 Å². The molecule has 0 amide bonds. The van der Waals surface area contributed by atoms with Crippen LogP contribution in [0, 0.1) is 11.8 Å². The molecule has 1 aliphatic heterocycles. The Bertz CT molecular complexity index is 412. The molecule has 0 saturated carbocycles. The number of hydrogen-bond acceptors (Lipinski definition) is 2. The minimum atomic E-state index is 0.456. The van der Waals surface area contributed by atoms with Gasteiger partial charge >= 0.3 is 0 Å². The van der Waals surface area contributed by atoms with Gasteiger partial charge in [-0.1, -0.05) is 45.0 Å². The fourth-order valence-corrected chi connectivity index (χ4v) is 3.36. The molecular formula is C18H30N2. The second-order valence-electron chi connectivity index (χ2n) is 6.87. The van der Waals surface area contributed by atoms with Crippen LogP contribution in [0.15, 0.2) is 24.3 Å². The first kappa shape index (κ1) is 15.5. The van der Waals surface area contributed by atoms with Gasteiger partial charge in [0.15, 0.2) is 0 Å². The number of rotatable bonds is 4. The Morgan fingerprint density at radius 1 is 1.20 bits per heavy atom. The second-order valence-corrected chi connectivity index (χ2v) is 6.87. The topological polar surface area (TPSA) is 29.3 Å². The Morgan fingerprint density at radius 2 is 1.85 bits per heavy atom. The van der Waals surface area contributed by atoms with Crippen molar-refractivity contribution in [1.29, 1.82) is 0 Å². The lowest BCUT2D eigenvalue weighted by atomic mass is 9.85. The highest BCUT2D eigenvalue weighted by molar-refractivity contribution is 5.25. The summed E-state index contributed by atoms with van der Waals surface area (Å²) < 4.78 is 0. The van der Waals surface area contributed by atoms with Crippen LogP contribution in [0.25, 0.3) is 0 Å². The van der Waals surface area contributed by atoms with Crippen molar-refractivity contribution in [2.75, 3.05) is 13.1 Å². The van der Waals surface area contributed by atoms with E-state index < -0.39 is 0 Å². The molecule has 0 spiro atoms. The molecule has 1 saturated heterocycles. The van der Waals surface area contributed by atoms with Crippen LogP contribution in [0.4, 0.5) is 0 Å². The van der Waals surface area contributed by atoms with E-state index in [1.54, 1.807) is 0 Å². The van der Waals surface area contributed by atoms with E-state index >= 15 is 0 Å². The van der Waals surface area contributed by atoms with Crippen LogP contribution in [0.3, 0.4) is 0 Å². The molecule has 1 aromatic carbocycles. The van der Waals surface area contributed by atoms with Crippen molar-refractivity contribution in [2.24, 2.45) is 17.6 Å². The minimum absolute atomic E-state index is 0.456. The number of nitrogens with zero attached hydrogens (tertiary/aromatic N) is 1. The van der Waals surface area contributed by atoms with Gasteiger partial charge in [-0.2, -0.15) is 0 Å². The third-order valence-electron chi connectivity index (χ3n) is 5.01. The maximum Gasteiger partial charge on any atom is 0.0236 e. The van der Waals surface area contributed by atoms with Gasteiger partial charge in [0.05, 0.1) is 0 Å². The fraction of sp³-hybridized carbons (Fsp3) is 0.667. The number of piperidine rings is 1. The van der Waals surface area contributed by atoms with Crippen LogP contribution in [-0.2, 0) is 6.54 Å². The third kappa shape index (κ3) is 3.62. The molecule has 1 fully saturated rings. The molecule has 2 heteroatoms. The van der Waals surface area contributed by atoms with Crippen molar-refractivity contribution in [2.45, 2.75) is 52.6 Å². The molecule has 0 aliphatic carbocycles. The Morgan fingerprint density at radius 3 is 2.45 bits per heavy atom. The molecule has 1 heterocycles. The van der Waals surface area contributed by atoms with Gasteiger partial charge in [0.25, 0.3) is 0 Å². The van der Waals surface area contributed by atoms with Gasteiger partial charge in [-0.15, -0.1) is 0 Å². The lowest BCUT2D eigenvalue weighted by Gasteiger charge is -2.41. The number of benzene rings is 1. The van der Waals surface area contributed by atoms with Gasteiger partial charge in [-0.05, 0) is 48.8 Å². The SMILES string of the molecule is CC1CC(C)C(C)N(Cc2ccc(C(C)CN)cc2)C1. The maximum absolute atomic E-state index is 5.73. The molecule has 1 aromatic rings. The summed E-state index contributed by atoms with van der Waals surface area (Å²) in [6.07, 6.45) is 1.37. The summed E-state index contributed by atoms with van der Waals surface area (Å²) in [6, 6.07) is 9.73. The fourth-order valence-electron chi connectivity index (χ4n) is 3.36. The lowest BCUT2D eigenvalue weighted by molar-refractivity contribution is 0.0729. The molecule has 1 aliphatic rings. The Balaban J connectivity index is 2.02. The van der Waals surface area contributed by atoms with Crippen LogP contribution < -0.4 is 5.73 Å². The van der Waals surface area contributed by atoms with E-state index in [1.807, 2.05) is 0 Å². The molecule has 20 heavy (non-hydrogen) atoms. The van der Waals surface area contributed by atoms with Gasteiger partial charge in [0.1, 0.15) is 0 Å². The first-order chi connectivity index (χ1) is 9.51. The van der Waals surface area contributed by atoms with Gasteiger partial charge < -0.3 is 5.73 Å².